The number of amides is 1. The van der Waals surface area contributed by atoms with Gasteiger partial charge in [0, 0.05) is 24.0 Å². The maximum atomic E-state index is 13.8. The third-order valence-electron chi connectivity index (χ3n) is 7.31. The SMILES string of the molecule is CC[C@@H](CNc1ccc(OCCC(=O)O)cc1)NC(=O)C1(Nc2cccc(-c3ccccc3)c2)CCCCC1. The highest BCUT2D eigenvalue weighted by Crippen LogP contribution is 2.33. The summed E-state index contributed by atoms with van der Waals surface area (Å²) in [5, 5.41) is 19.1. The zero-order valence-electron chi connectivity index (χ0n) is 22.6. The molecule has 206 valence electrons. The predicted molar refractivity (Wildman–Crippen MR) is 156 cm³/mol. The molecule has 1 fully saturated rings. The highest BCUT2D eigenvalue weighted by molar-refractivity contribution is 5.90. The van der Waals surface area contributed by atoms with Gasteiger partial charge in [-0.05, 0) is 66.8 Å². The van der Waals surface area contributed by atoms with Gasteiger partial charge in [-0.2, -0.15) is 0 Å². The lowest BCUT2D eigenvalue weighted by atomic mass is 9.80. The van der Waals surface area contributed by atoms with Gasteiger partial charge in [0.2, 0.25) is 5.91 Å². The average Bonchev–Trinajstić information content (AvgIpc) is 2.96. The summed E-state index contributed by atoms with van der Waals surface area (Å²) in [6.45, 7) is 2.82. The standard InChI is InChI=1S/C32H39N3O4/c1-2-26(23-33-27-14-16-29(17-15-27)39-21-18-30(36)37)34-31(38)32(19-7-4-8-20-32)35-28-13-9-12-25(22-28)24-10-5-3-6-11-24/h3,5-6,9-17,22,26,33,35H,2,4,7-8,18-21,23H2,1H3,(H,34,38)(H,36,37)/t26-/m0/s1. The number of hydrogen-bond acceptors (Lipinski definition) is 5. The van der Waals surface area contributed by atoms with Gasteiger partial charge in [-0.15, -0.1) is 0 Å². The summed E-state index contributed by atoms with van der Waals surface area (Å²) in [7, 11) is 0. The molecule has 4 rings (SSSR count). The van der Waals surface area contributed by atoms with Crippen LogP contribution in [0, 0.1) is 0 Å². The summed E-state index contributed by atoms with van der Waals surface area (Å²) >= 11 is 0. The molecular weight excluding hydrogens is 490 g/mol. The first-order valence-electron chi connectivity index (χ1n) is 13.9. The number of ether oxygens (including phenoxy) is 1. The Morgan fingerprint density at radius 3 is 2.31 bits per heavy atom. The van der Waals surface area contributed by atoms with Crippen LogP contribution < -0.4 is 20.7 Å². The second-order valence-electron chi connectivity index (χ2n) is 10.2. The highest BCUT2D eigenvalue weighted by Gasteiger charge is 2.40. The van der Waals surface area contributed by atoms with Crippen LogP contribution in [0.25, 0.3) is 11.1 Å². The predicted octanol–water partition coefficient (Wildman–Crippen LogP) is 6.33. The van der Waals surface area contributed by atoms with E-state index in [1.165, 1.54) is 0 Å². The van der Waals surface area contributed by atoms with Crippen molar-refractivity contribution in [3.63, 3.8) is 0 Å². The first kappa shape index (κ1) is 28.0. The summed E-state index contributed by atoms with van der Waals surface area (Å²) < 4.78 is 5.46. The molecule has 7 heteroatoms. The minimum absolute atomic E-state index is 0.0275. The van der Waals surface area contributed by atoms with E-state index in [1.807, 2.05) is 54.6 Å². The molecule has 1 amide bonds. The van der Waals surface area contributed by atoms with Crippen molar-refractivity contribution in [1.29, 1.82) is 0 Å². The van der Waals surface area contributed by atoms with Crippen LogP contribution in [0.4, 0.5) is 11.4 Å². The smallest absolute Gasteiger partial charge is 0.306 e. The molecule has 0 unspecified atom stereocenters. The van der Waals surface area contributed by atoms with Crippen molar-refractivity contribution in [2.75, 3.05) is 23.8 Å². The number of carboxylic acid groups (broad SMARTS) is 1. The van der Waals surface area contributed by atoms with Crippen LogP contribution in [-0.2, 0) is 9.59 Å². The third-order valence-corrected chi connectivity index (χ3v) is 7.31. The zero-order valence-corrected chi connectivity index (χ0v) is 22.6. The first-order valence-corrected chi connectivity index (χ1v) is 13.9. The molecule has 39 heavy (non-hydrogen) atoms. The number of carbonyl (C=O) groups excluding carboxylic acids is 1. The molecule has 0 radical (unpaired) electrons. The van der Waals surface area contributed by atoms with Crippen molar-refractivity contribution in [3.05, 3.63) is 78.9 Å². The molecule has 0 aromatic heterocycles. The van der Waals surface area contributed by atoms with Crippen LogP contribution in [-0.4, -0.2) is 41.7 Å². The topological polar surface area (TPSA) is 99.7 Å². The van der Waals surface area contributed by atoms with Gasteiger partial charge in [-0.1, -0.05) is 68.7 Å². The van der Waals surface area contributed by atoms with Crippen molar-refractivity contribution in [1.82, 2.24) is 5.32 Å². The van der Waals surface area contributed by atoms with Crippen molar-refractivity contribution in [2.45, 2.75) is 63.5 Å². The number of hydrogen-bond donors (Lipinski definition) is 4. The van der Waals surface area contributed by atoms with Gasteiger partial charge < -0.3 is 25.8 Å². The maximum absolute atomic E-state index is 13.8. The van der Waals surface area contributed by atoms with Crippen LogP contribution in [0.2, 0.25) is 0 Å². The molecule has 4 N–H and O–H groups in total. The fraction of sp³-hybridized carbons (Fsp3) is 0.375. The van der Waals surface area contributed by atoms with Gasteiger partial charge >= 0.3 is 5.97 Å². The molecule has 3 aromatic carbocycles. The van der Waals surface area contributed by atoms with Crippen molar-refractivity contribution in [3.8, 4) is 16.9 Å². The Bertz CT molecular complexity index is 1210. The van der Waals surface area contributed by atoms with Crippen molar-refractivity contribution in [2.24, 2.45) is 0 Å². The maximum Gasteiger partial charge on any atom is 0.306 e. The fourth-order valence-corrected chi connectivity index (χ4v) is 5.03. The second-order valence-corrected chi connectivity index (χ2v) is 10.2. The highest BCUT2D eigenvalue weighted by atomic mass is 16.5. The third kappa shape index (κ3) is 7.99. The Morgan fingerprint density at radius 2 is 1.62 bits per heavy atom. The van der Waals surface area contributed by atoms with E-state index in [-0.39, 0.29) is 25.0 Å². The Balaban J connectivity index is 1.38. The Hall–Kier alpha value is -4.00. The Morgan fingerprint density at radius 1 is 0.897 bits per heavy atom. The fourth-order valence-electron chi connectivity index (χ4n) is 5.03. The van der Waals surface area contributed by atoms with E-state index in [1.54, 1.807) is 0 Å². The average molecular weight is 530 g/mol. The molecule has 1 aliphatic carbocycles. The molecule has 7 nitrogen and oxygen atoms in total. The lowest BCUT2D eigenvalue weighted by molar-refractivity contribution is -0.137. The molecule has 0 bridgehead atoms. The van der Waals surface area contributed by atoms with Crippen LogP contribution in [0.3, 0.4) is 0 Å². The minimum Gasteiger partial charge on any atom is -0.493 e. The first-order chi connectivity index (χ1) is 19.0. The van der Waals surface area contributed by atoms with Crippen LogP contribution in [0.15, 0.2) is 78.9 Å². The normalized spacial score (nSPS) is 15.1. The van der Waals surface area contributed by atoms with Gasteiger partial charge in [0.1, 0.15) is 11.3 Å². The quantitative estimate of drug-likeness (QED) is 0.207. The lowest BCUT2D eigenvalue weighted by Crippen LogP contribution is -2.56. The minimum atomic E-state index is -0.883. The number of aliphatic carboxylic acids is 1. The molecule has 0 spiro atoms. The summed E-state index contributed by atoms with van der Waals surface area (Å²) in [4.78, 5) is 24.4. The van der Waals surface area contributed by atoms with Gasteiger partial charge in [-0.3, -0.25) is 9.59 Å². The zero-order chi connectivity index (χ0) is 27.5. The molecule has 0 aliphatic heterocycles. The van der Waals surface area contributed by atoms with Gasteiger partial charge in [0.15, 0.2) is 0 Å². The number of carboxylic acids is 1. The number of rotatable bonds is 13. The molecule has 1 atom stereocenters. The number of nitrogens with one attached hydrogen (secondary N) is 3. The molecule has 1 aliphatic rings. The van der Waals surface area contributed by atoms with E-state index < -0.39 is 11.5 Å². The summed E-state index contributed by atoms with van der Waals surface area (Å²) in [5.41, 5.74) is 3.53. The van der Waals surface area contributed by atoms with Gasteiger partial charge in [0.05, 0.1) is 13.0 Å². The van der Waals surface area contributed by atoms with Crippen LogP contribution >= 0.6 is 0 Å². The Labute approximate surface area is 231 Å². The van der Waals surface area contributed by atoms with E-state index in [0.29, 0.717) is 12.3 Å². The van der Waals surface area contributed by atoms with E-state index >= 15 is 0 Å². The molecule has 1 saturated carbocycles. The van der Waals surface area contributed by atoms with Crippen LogP contribution in [0.1, 0.15) is 51.9 Å². The van der Waals surface area contributed by atoms with E-state index in [4.69, 9.17) is 9.84 Å². The Kier molecular flexibility index (Phi) is 9.84. The van der Waals surface area contributed by atoms with Crippen LogP contribution in [0.5, 0.6) is 5.75 Å². The lowest BCUT2D eigenvalue weighted by Gasteiger charge is -2.38. The van der Waals surface area contributed by atoms with Gasteiger partial charge in [-0.25, -0.2) is 0 Å². The summed E-state index contributed by atoms with van der Waals surface area (Å²) in [5.74, 6) is -0.196. The van der Waals surface area contributed by atoms with Crippen molar-refractivity contribution >= 4 is 23.3 Å². The number of benzene rings is 3. The number of anilines is 2. The van der Waals surface area contributed by atoms with Crippen molar-refractivity contribution < 1.29 is 19.4 Å². The molecular formula is C32H39N3O4. The second kappa shape index (κ2) is 13.7. The van der Waals surface area contributed by atoms with E-state index in [0.717, 1.165) is 61.0 Å². The van der Waals surface area contributed by atoms with E-state index in [2.05, 4.69) is 47.1 Å². The molecule has 0 heterocycles. The molecule has 3 aromatic rings. The summed E-state index contributed by atoms with van der Waals surface area (Å²) in [6.07, 6.45) is 5.57. The molecule has 0 saturated heterocycles. The number of carbonyl (C=O) groups is 2. The van der Waals surface area contributed by atoms with E-state index in [9.17, 15) is 9.59 Å². The monoisotopic (exact) mass is 529 g/mol. The van der Waals surface area contributed by atoms with Gasteiger partial charge in [0.25, 0.3) is 0 Å². The largest absolute Gasteiger partial charge is 0.493 e. The summed E-state index contributed by atoms with van der Waals surface area (Å²) in [6, 6.07) is 26.0.